The number of nitrogens with one attached hydrogen (secondary N) is 1. The first-order valence-corrected chi connectivity index (χ1v) is 8.23. The van der Waals surface area contributed by atoms with Crippen molar-refractivity contribution in [1.29, 1.82) is 0 Å². The lowest BCUT2D eigenvalue weighted by Crippen LogP contribution is -2.34. The summed E-state index contributed by atoms with van der Waals surface area (Å²) in [5.74, 6) is -0.123. The molecule has 0 spiro atoms. The molecule has 1 heterocycles. The Kier molecular flexibility index (Phi) is 5.03. The largest absolute Gasteiger partial charge is 0.354 e. The van der Waals surface area contributed by atoms with E-state index < -0.39 is 0 Å². The number of carbonyl (C=O) groups is 1. The summed E-state index contributed by atoms with van der Waals surface area (Å²) < 4.78 is 14.4. The molecule has 126 valence electrons. The van der Waals surface area contributed by atoms with Gasteiger partial charge in [0.05, 0.1) is 12.0 Å². The molecule has 0 bridgehead atoms. The summed E-state index contributed by atoms with van der Waals surface area (Å²) in [6.45, 7) is 0.792. The molecular weight excluding hydrogens is 309 g/mol. The Morgan fingerprint density at radius 3 is 2.62 bits per heavy atom. The van der Waals surface area contributed by atoms with E-state index in [9.17, 15) is 14.0 Å². The van der Waals surface area contributed by atoms with Gasteiger partial charge in [0, 0.05) is 30.6 Å². The van der Waals surface area contributed by atoms with Crippen LogP contribution < -0.4 is 10.9 Å². The first-order chi connectivity index (χ1) is 11.6. The molecule has 1 amide bonds. The van der Waals surface area contributed by atoms with Gasteiger partial charge >= 0.3 is 0 Å². The van der Waals surface area contributed by atoms with Crippen LogP contribution in [0.1, 0.15) is 25.7 Å². The van der Waals surface area contributed by atoms with E-state index in [0.29, 0.717) is 24.3 Å². The number of aromatic nitrogens is 2. The average molecular weight is 329 g/mol. The minimum absolute atomic E-state index is 0.0800. The van der Waals surface area contributed by atoms with E-state index in [1.165, 1.54) is 29.1 Å². The molecular formula is C18H20FN3O2. The molecule has 1 fully saturated rings. The Hall–Kier alpha value is -2.50. The van der Waals surface area contributed by atoms with Gasteiger partial charge in [-0.25, -0.2) is 9.37 Å². The lowest BCUT2D eigenvalue weighted by molar-refractivity contribution is -0.124. The minimum atomic E-state index is -0.329. The monoisotopic (exact) mass is 329 g/mol. The Morgan fingerprint density at radius 2 is 1.96 bits per heavy atom. The van der Waals surface area contributed by atoms with Gasteiger partial charge in [-0.15, -0.1) is 0 Å². The fourth-order valence-electron chi connectivity index (χ4n) is 3.00. The predicted molar refractivity (Wildman–Crippen MR) is 88.9 cm³/mol. The number of nitrogens with zero attached hydrogens (tertiary/aromatic N) is 2. The van der Waals surface area contributed by atoms with Crippen LogP contribution in [0.5, 0.6) is 0 Å². The molecule has 1 aromatic carbocycles. The van der Waals surface area contributed by atoms with E-state index in [-0.39, 0.29) is 23.2 Å². The van der Waals surface area contributed by atoms with Gasteiger partial charge in [0.1, 0.15) is 5.82 Å². The summed E-state index contributed by atoms with van der Waals surface area (Å²) >= 11 is 0. The molecule has 0 atom stereocenters. The van der Waals surface area contributed by atoms with E-state index in [1.54, 1.807) is 12.1 Å². The smallest absolute Gasteiger partial charge is 0.253 e. The van der Waals surface area contributed by atoms with Gasteiger partial charge in [-0.1, -0.05) is 12.8 Å². The van der Waals surface area contributed by atoms with Crippen molar-refractivity contribution in [2.45, 2.75) is 32.2 Å². The summed E-state index contributed by atoms with van der Waals surface area (Å²) in [6, 6.07) is 7.26. The summed E-state index contributed by atoms with van der Waals surface area (Å²) in [7, 11) is 0. The average Bonchev–Trinajstić information content (AvgIpc) is 3.11. The zero-order valence-corrected chi connectivity index (χ0v) is 13.4. The van der Waals surface area contributed by atoms with Crippen molar-refractivity contribution in [3.05, 3.63) is 52.8 Å². The maximum absolute atomic E-state index is 12.9. The second-order valence-corrected chi connectivity index (χ2v) is 6.09. The number of hydrogen-bond acceptors (Lipinski definition) is 3. The molecule has 0 aliphatic heterocycles. The quantitative estimate of drug-likeness (QED) is 0.916. The SMILES string of the molecule is O=C(NCCn1cnc(-c2ccc(F)cc2)cc1=O)C1CCCC1. The molecule has 6 heteroatoms. The van der Waals surface area contributed by atoms with Gasteiger partial charge in [-0.2, -0.15) is 0 Å². The number of benzene rings is 1. The van der Waals surface area contributed by atoms with Crippen molar-refractivity contribution in [1.82, 2.24) is 14.9 Å². The van der Waals surface area contributed by atoms with Crippen LogP contribution in [0.15, 0.2) is 41.5 Å². The molecule has 24 heavy (non-hydrogen) atoms. The third-order valence-electron chi connectivity index (χ3n) is 4.40. The molecule has 3 rings (SSSR count). The summed E-state index contributed by atoms with van der Waals surface area (Å²) in [5.41, 5.74) is 1.00. The van der Waals surface area contributed by atoms with Crippen LogP contribution in [0.4, 0.5) is 4.39 Å². The van der Waals surface area contributed by atoms with Crippen molar-refractivity contribution < 1.29 is 9.18 Å². The Labute approximate surface area is 139 Å². The molecule has 1 aliphatic carbocycles. The Bertz CT molecular complexity index is 765. The van der Waals surface area contributed by atoms with Gasteiger partial charge in [-0.3, -0.25) is 14.2 Å². The molecule has 2 aromatic rings. The molecule has 0 radical (unpaired) electrons. The number of hydrogen-bond donors (Lipinski definition) is 1. The lowest BCUT2D eigenvalue weighted by Gasteiger charge is -2.11. The molecule has 1 aromatic heterocycles. The fourth-order valence-corrected chi connectivity index (χ4v) is 3.00. The normalized spacial score (nSPS) is 14.7. The van der Waals surface area contributed by atoms with Crippen molar-refractivity contribution in [2.24, 2.45) is 5.92 Å². The second kappa shape index (κ2) is 7.38. The van der Waals surface area contributed by atoms with E-state index in [4.69, 9.17) is 0 Å². The maximum Gasteiger partial charge on any atom is 0.253 e. The second-order valence-electron chi connectivity index (χ2n) is 6.09. The molecule has 0 unspecified atom stereocenters. The summed E-state index contributed by atoms with van der Waals surface area (Å²) in [5, 5.41) is 2.88. The van der Waals surface area contributed by atoms with Crippen LogP contribution in [0.3, 0.4) is 0 Å². The highest BCUT2D eigenvalue weighted by atomic mass is 19.1. The van der Waals surface area contributed by atoms with Gasteiger partial charge in [0.25, 0.3) is 5.56 Å². The van der Waals surface area contributed by atoms with Gasteiger partial charge in [-0.05, 0) is 37.1 Å². The van der Waals surface area contributed by atoms with Crippen LogP contribution in [0.25, 0.3) is 11.3 Å². The van der Waals surface area contributed by atoms with E-state index >= 15 is 0 Å². The van der Waals surface area contributed by atoms with Crippen molar-refractivity contribution in [3.8, 4) is 11.3 Å². The highest BCUT2D eigenvalue weighted by molar-refractivity contribution is 5.78. The predicted octanol–water partition coefficient (Wildman–Crippen LogP) is 2.36. The van der Waals surface area contributed by atoms with Crippen LogP contribution in [0.2, 0.25) is 0 Å². The van der Waals surface area contributed by atoms with E-state index in [1.807, 2.05) is 0 Å². The third-order valence-corrected chi connectivity index (χ3v) is 4.40. The zero-order valence-electron chi connectivity index (χ0n) is 13.4. The highest BCUT2D eigenvalue weighted by Gasteiger charge is 2.21. The topological polar surface area (TPSA) is 64.0 Å². The summed E-state index contributed by atoms with van der Waals surface area (Å²) in [6.07, 6.45) is 5.61. The number of rotatable bonds is 5. The highest BCUT2D eigenvalue weighted by Crippen LogP contribution is 2.24. The molecule has 1 saturated carbocycles. The third kappa shape index (κ3) is 3.88. The zero-order chi connectivity index (χ0) is 16.9. The van der Waals surface area contributed by atoms with Crippen LogP contribution >= 0.6 is 0 Å². The van der Waals surface area contributed by atoms with Crippen LogP contribution in [-0.4, -0.2) is 22.0 Å². The lowest BCUT2D eigenvalue weighted by atomic mass is 10.1. The molecule has 5 nitrogen and oxygen atoms in total. The van der Waals surface area contributed by atoms with Gasteiger partial charge in [0.2, 0.25) is 5.91 Å². The van der Waals surface area contributed by atoms with E-state index in [2.05, 4.69) is 10.3 Å². The van der Waals surface area contributed by atoms with Gasteiger partial charge in [0.15, 0.2) is 0 Å². The first kappa shape index (κ1) is 16.4. The molecule has 1 N–H and O–H groups in total. The first-order valence-electron chi connectivity index (χ1n) is 8.23. The molecule has 0 saturated heterocycles. The minimum Gasteiger partial charge on any atom is -0.354 e. The number of amides is 1. The van der Waals surface area contributed by atoms with Crippen LogP contribution in [-0.2, 0) is 11.3 Å². The number of halogens is 1. The molecule has 1 aliphatic rings. The van der Waals surface area contributed by atoms with Crippen LogP contribution in [0, 0.1) is 11.7 Å². The van der Waals surface area contributed by atoms with Crippen molar-refractivity contribution >= 4 is 5.91 Å². The Morgan fingerprint density at radius 1 is 1.25 bits per heavy atom. The van der Waals surface area contributed by atoms with Crippen molar-refractivity contribution in [3.63, 3.8) is 0 Å². The summed E-state index contributed by atoms with van der Waals surface area (Å²) in [4.78, 5) is 28.3. The van der Waals surface area contributed by atoms with Crippen molar-refractivity contribution in [2.75, 3.05) is 6.54 Å². The van der Waals surface area contributed by atoms with E-state index in [0.717, 1.165) is 25.7 Å². The van der Waals surface area contributed by atoms with Gasteiger partial charge < -0.3 is 5.32 Å². The fraction of sp³-hybridized carbons (Fsp3) is 0.389. The Balaban J connectivity index is 1.59. The number of carbonyl (C=O) groups excluding carboxylic acids is 1. The standard InChI is InChI=1S/C18H20FN3O2/c19-15-7-5-13(6-8-15)16-11-17(23)22(12-21-16)10-9-20-18(24)14-3-1-2-4-14/h5-8,11-12,14H,1-4,9-10H2,(H,20,24). The maximum atomic E-state index is 12.9.